The van der Waals surface area contributed by atoms with Crippen LogP contribution in [-0.2, 0) is 14.8 Å². The minimum absolute atomic E-state index is 0.0926. The van der Waals surface area contributed by atoms with Crippen LogP contribution in [0.15, 0.2) is 58.3 Å². The second kappa shape index (κ2) is 7.06. The summed E-state index contributed by atoms with van der Waals surface area (Å²) in [5.74, 6) is 0.982. The van der Waals surface area contributed by atoms with Gasteiger partial charge in [0.1, 0.15) is 0 Å². The van der Waals surface area contributed by atoms with Crippen LogP contribution in [0.4, 0.5) is 5.69 Å². The molecule has 0 aromatic heterocycles. The maximum atomic E-state index is 12.8. The van der Waals surface area contributed by atoms with Crippen molar-refractivity contribution in [2.24, 2.45) is 0 Å². The van der Waals surface area contributed by atoms with E-state index in [9.17, 15) is 13.2 Å². The number of carbonyl (C=O) groups is 1. The third-order valence-corrected chi connectivity index (χ3v) is 7.40. The fourth-order valence-electron chi connectivity index (χ4n) is 3.45. The van der Waals surface area contributed by atoms with Crippen molar-refractivity contribution in [3.63, 3.8) is 0 Å². The molecule has 1 amide bonds. The molecule has 1 atom stereocenters. The molecule has 0 spiro atoms. The molecule has 136 valence electrons. The fraction of sp³-hybridized carbons (Fsp3) is 0.316. The van der Waals surface area contributed by atoms with Crippen LogP contribution in [0.2, 0.25) is 0 Å². The summed E-state index contributed by atoms with van der Waals surface area (Å²) in [4.78, 5) is 14.9. The first kappa shape index (κ1) is 17.6. The number of nitrogens with one attached hydrogen (secondary N) is 1. The number of carbonyl (C=O) groups excluding carboxylic acids is 1. The zero-order valence-corrected chi connectivity index (χ0v) is 15.9. The number of nitrogens with zero attached hydrogens (tertiary/aromatic N) is 1. The molecule has 0 saturated carbocycles. The molecule has 26 heavy (non-hydrogen) atoms. The molecule has 2 aliphatic rings. The standard InChI is InChI=1S/C19H20N2O3S2/c22-19-6-3-12-21(19)14-7-9-15(10-8-14)26(23,24)20-17-11-13-25-18-5-2-1-4-16(17)18/h1-2,4-5,7-10,17,20H,3,6,11-13H2. The molecule has 4 rings (SSSR count). The zero-order chi connectivity index (χ0) is 18.1. The van der Waals surface area contributed by atoms with Gasteiger partial charge in [0.2, 0.25) is 15.9 Å². The Bertz CT molecular complexity index is 926. The minimum Gasteiger partial charge on any atom is -0.312 e. The van der Waals surface area contributed by atoms with Gasteiger partial charge in [0.25, 0.3) is 0 Å². The second-order valence-electron chi connectivity index (χ2n) is 6.49. The smallest absolute Gasteiger partial charge is 0.241 e. The van der Waals surface area contributed by atoms with E-state index in [1.165, 1.54) is 0 Å². The summed E-state index contributed by atoms with van der Waals surface area (Å²) in [6.07, 6.45) is 2.17. The van der Waals surface area contributed by atoms with E-state index in [1.54, 1.807) is 40.9 Å². The van der Waals surface area contributed by atoms with Crippen LogP contribution in [0.5, 0.6) is 0 Å². The molecule has 2 aromatic carbocycles. The summed E-state index contributed by atoms with van der Waals surface area (Å²) in [6, 6.07) is 14.3. The van der Waals surface area contributed by atoms with Crippen molar-refractivity contribution in [3.8, 4) is 0 Å². The molecule has 0 aliphatic carbocycles. The van der Waals surface area contributed by atoms with Gasteiger partial charge >= 0.3 is 0 Å². The van der Waals surface area contributed by atoms with E-state index in [2.05, 4.69) is 4.72 Å². The monoisotopic (exact) mass is 388 g/mol. The van der Waals surface area contributed by atoms with Gasteiger partial charge in [-0.3, -0.25) is 4.79 Å². The number of sulfonamides is 1. The molecule has 0 bridgehead atoms. The quantitative estimate of drug-likeness (QED) is 0.872. The number of rotatable bonds is 4. The Balaban J connectivity index is 1.55. The van der Waals surface area contributed by atoms with Crippen LogP contribution in [-0.4, -0.2) is 26.6 Å². The third kappa shape index (κ3) is 3.39. The maximum absolute atomic E-state index is 12.8. The lowest BCUT2D eigenvalue weighted by Crippen LogP contribution is -2.30. The third-order valence-electron chi connectivity index (χ3n) is 4.79. The predicted molar refractivity (Wildman–Crippen MR) is 103 cm³/mol. The van der Waals surface area contributed by atoms with Crippen LogP contribution in [0.25, 0.3) is 0 Å². The molecule has 1 saturated heterocycles. The Hall–Kier alpha value is -1.83. The van der Waals surface area contributed by atoms with Crippen LogP contribution in [0, 0.1) is 0 Å². The van der Waals surface area contributed by atoms with Crippen LogP contribution in [0.1, 0.15) is 30.9 Å². The molecule has 2 aromatic rings. The van der Waals surface area contributed by atoms with E-state index < -0.39 is 10.0 Å². The summed E-state index contributed by atoms with van der Waals surface area (Å²) in [7, 11) is -3.62. The van der Waals surface area contributed by atoms with Crippen molar-refractivity contribution in [2.75, 3.05) is 17.2 Å². The molecular weight excluding hydrogens is 368 g/mol. The largest absolute Gasteiger partial charge is 0.312 e. The molecule has 1 fully saturated rings. The Morgan fingerprint density at radius 2 is 1.85 bits per heavy atom. The highest BCUT2D eigenvalue weighted by Gasteiger charge is 2.27. The summed E-state index contributed by atoms with van der Waals surface area (Å²) in [5.41, 5.74) is 1.79. The zero-order valence-electron chi connectivity index (χ0n) is 14.2. The van der Waals surface area contributed by atoms with Gasteiger partial charge in [0.05, 0.1) is 4.90 Å². The Labute approximate surface area is 157 Å². The lowest BCUT2D eigenvalue weighted by molar-refractivity contribution is -0.117. The van der Waals surface area contributed by atoms with Crippen LogP contribution >= 0.6 is 11.8 Å². The van der Waals surface area contributed by atoms with E-state index in [4.69, 9.17) is 0 Å². The highest BCUT2D eigenvalue weighted by Crippen LogP contribution is 2.36. The van der Waals surface area contributed by atoms with Gasteiger partial charge in [0.15, 0.2) is 0 Å². The average Bonchev–Trinajstić information content (AvgIpc) is 3.08. The predicted octanol–water partition coefficient (Wildman–Crippen LogP) is 3.33. The Kier molecular flexibility index (Phi) is 4.77. The van der Waals surface area contributed by atoms with Gasteiger partial charge in [-0.2, -0.15) is 0 Å². The fourth-order valence-corrected chi connectivity index (χ4v) is 5.82. The van der Waals surface area contributed by atoms with E-state index in [0.717, 1.165) is 34.7 Å². The summed E-state index contributed by atoms with van der Waals surface area (Å²) >= 11 is 1.76. The second-order valence-corrected chi connectivity index (χ2v) is 9.34. The first-order chi connectivity index (χ1) is 12.5. The van der Waals surface area contributed by atoms with E-state index >= 15 is 0 Å². The molecule has 5 nitrogen and oxygen atoms in total. The number of hydrogen-bond donors (Lipinski definition) is 1. The summed E-state index contributed by atoms with van der Waals surface area (Å²) in [6.45, 7) is 0.694. The SMILES string of the molecule is O=C1CCCN1c1ccc(S(=O)(=O)NC2CCSc3ccccc32)cc1. The number of amides is 1. The number of thioether (sulfide) groups is 1. The number of hydrogen-bond acceptors (Lipinski definition) is 4. The topological polar surface area (TPSA) is 66.5 Å². The molecule has 0 radical (unpaired) electrons. The van der Waals surface area contributed by atoms with Gasteiger partial charge in [-0.15, -0.1) is 11.8 Å². The highest BCUT2D eigenvalue weighted by molar-refractivity contribution is 7.99. The molecular formula is C19H20N2O3S2. The van der Waals surface area contributed by atoms with Crippen molar-refractivity contribution in [3.05, 3.63) is 54.1 Å². The van der Waals surface area contributed by atoms with Gasteiger partial charge in [-0.25, -0.2) is 13.1 Å². The van der Waals surface area contributed by atoms with E-state index in [1.807, 2.05) is 24.3 Å². The maximum Gasteiger partial charge on any atom is 0.241 e. The van der Waals surface area contributed by atoms with Crippen molar-refractivity contribution >= 4 is 33.4 Å². The highest BCUT2D eigenvalue weighted by atomic mass is 32.2. The van der Waals surface area contributed by atoms with Crippen molar-refractivity contribution in [1.82, 2.24) is 4.72 Å². The molecule has 1 unspecified atom stereocenters. The minimum atomic E-state index is -3.62. The first-order valence-electron chi connectivity index (χ1n) is 8.69. The van der Waals surface area contributed by atoms with Crippen LogP contribution < -0.4 is 9.62 Å². The Morgan fingerprint density at radius 1 is 1.08 bits per heavy atom. The van der Waals surface area contributed by atoms with E-state index in [0.29, 0.717) is 13.0 Å². The molecule has 7 heteroatoms. The van der Waals surface area contributed by atoms with Gasteiger partial charge in [0, 0.05) is 29.6 Å². The van der Waals surface area contributed by atoms with Crippen molar-refractivity contribution < 1.29 is 13.2 Å². The summed E-state index contributed by atoms with van der Waals surface area (Å²) in [5, 5.41) is 0. The number of anilines is 1. The molecule has 2 aliphatic heterocycles. The molecule has 2 heterocycles. The van der Waals surface area contributed by atoms with Gasteiger partial charge in [-0.05, 0) is 54.5 Å². The van der Waals surface area contributed by atoms with Gasteiger partial charge in [-0.1, -0.05) is 18.2 Å². The lowest BCUT2D eigenvalue weighted by Gasteiger charge is -2.25. The van der Waals surface area contributed by atoms with Crippen LogP contribution in [0.3, 0.4) is 0 Å². The lowest BCUT2D eigenvalue weighted by atomic mass is 10.1. The first-order valence-corrected chi connectivity index (χ1v) is 11.2. The van der Waals surface area contributed by atoms with E-state index in [-0.39, 0.29) is 16.8 Å². The number of fused-ring (bicyclic) bond motifs is 1. The summed E-state index contributed by atoms with van der Waals surface area (Å²) < 4.78 is 28.5. The number of benzene rings is 2. The molecule has 1 N–H and O–H groups in total. The van der Waals surface area contributed by atoms with Crippen molar-refractivity contribution in [2.45, 2.75) is 35.1 Å². The van der Waals surface area contributed by atoms with Gasteiger partial charge < -0.3 is 4.90 Å². The van der Waals surface area contributed by atoms with Crippen molar-refractivity contribution in [1.29, 1.82) is 0 Å². The normalized spacial score (nSPS) is 20.2. The Morgan fingerprint density at radius 3 is 2.58 bits per heavy atom. The average molecular weight is 389 g/mol.